The minimum atomic E-state index is -1.86. The molecule has 1 fully saturated rings. The third-order valence-electron chi connectivity index (χ3n) is 8.61. The molecule has 42 heavy (non-hydrogen) atoms. The second kappa shape index (κ2) is 9.45. The second-order valence-electron chi connectivity index (χ2n) is 10.7. The molecule has 0 amide bonds. The molecule has 0 aromatic heterocycles. The van der Waals surface area contributed by atoms with Crippen molar-refractivity contribution in [3.8, 4) is 5.75 Å². The number of para-hydroxylation sites is 1. The molecular weight excluding hydrogens is 533 g/mol. The van der Waals surface area contributed by atoms with Gasteiger partial charge in [-0.05, 0) is 17.7 Å². The molecule has 0 unspecified atom stereocenters. The van der Waals surface area contributed by atoms with Crippen LogP contribution in [-0.4, -0.2) is 35.4 Å². The molecule has 1 spiro atoms. The van der Waals surface area contributed by atoms with Crippen LogP contribution in [0.5, 0.6) is 5.75 Å². The summed E-state index contributed by atoms with van der Waals surface area (Å²) in [6, 6.07) is 24.1. The van der Waals surface area contributed by atoms with Gasteiger partial charge in [-0.3, -0.25) is 19.2 Å². The van der Waals surface area contributed by atoms with Crippen molar-refractivity contribution in [1.29, 1.82) is 0 Å². The number of esters is 1. The van der Waals surface area contributed by atoms with Gasteiger partial charge in [-0.25, -0.2) is 4.39 Å². The van der Waals surface area contributed by atoms with Crippen molar-refractivity contribution in [2.75, 3.05) is 4.90 Å². The molecular formula is C35H24FNO5. The third kappa shape index (κ3) is 3.43. The lowest BCUT2D eigenvalue weighted by Crippen LogP contribution is -2.48. The van der Waals surface area contributed by atoms with E-state index in [1.807, 2.05) is 0 Å². The first-order valence-corrected chi connectivity index (χ1v) is 13.7. The Morgan fingerprint density at radius 3 is 2.12 bits per heavy atom. The van der Waals surface area contributed by atoms with Crippen LogP contribution >= 0.6 is 0 Å². The van der Waals surface area contributed by atoms with Crippen molar-refractivity contribution in [2.24, 2.45) is 5.41 Å². The first kappa shape index (κ1) is 25.8. The van der Waals surface area contributed by atoms with Gasteiger partial charge in [0.05, 0.1) is 11.7 Å². The summed E-state index contributed by atoms with van der Waals surface area (Å²) in [6.07, 6.45) is 3.51. The number of hydrogen-bond donors (Lipinski definition) is 0. The van der Waals surface area contributed by atoms with Crippen LogP contribution in [0.3, 0.4) is 0 Å². The molecule has 3 aliphatic rings. The molecule has 0 saturated carbocycles. The van der Waals surface area contributed by atoms with E-state index in [1.165, 1.54) is 25.1 Å². The molecule has 2 aliphatic heterocycles. The molecule has 1 aliphatic carbocycles. The van der Waals surface area contributed by atoms with Crippen LogP contribution in [0.25, 0.3) is 6.08 Å². The second-order valence-corrected chi connectivity index (χ2v) is 10.7. The highest BCUT2D eigenvalue weighted by Gasteiger charge is 2.72. The summed E-state index contributed by atoms with van der Waals surface area (Å²) in [5.74, 6) is -3.53. The monoisotopic (exact) mass is 557 g/mol. The highest BCUT2D eigenvalue weighted by molar-refractivity contribution is 6.32. The van der Waals surface area contributed by atoms with E-state index in [4.69, 9.17) is 4.74 Å². The van der Waals surface area contributed by atoms with E-state index in [1.54, 1.807) is 95.9 Å². The smallest absolute Gasteiger partial charge is 0.308 e. The molecule has 3 atom stereocenters. The number of ketones is 3. The Bertz CT molecular complexity index is 1810. The van der Waals surface area contributed by atoms with E-state index in [0.717, 1.165) is 0 Å². The number of benzene rings is 4. The third-order valence-corrected chi connectivity index (χ3v) is 8.61. The molecule has 4 aromatic rings. The largest absolute Gasteiger partial charge is 0.424 e. The van der Waals surface area contributed by atoms with Gasteiger partial charge in [-0.15, -0.1) is 0 Å². The lowest BCUT2D eigenvalue weighted by atomic mass is 9.64. The summed E-state index contributed by atoms with van der Waals surface area (Å²) >= 11 is 0. The van der Waals surface area contributed by atoms with Gasteiger partial charge in [0.1, 0.15) is 17.3 Å². The number of nitrogens with zero attached hydrogens (tertiary/aromatic N) is 1. The lowest BCUT2D eigenvalue weighted by molar-refractivity contribution is -0.131. The molecule has 206 valence electrons. The maximum absolute atomic E-state index is 15.9. The van der Waals surface area contributed by atoms with Crippen LogP contribution in [0.15, 0.2) is 103 Å². The number of carbonyl (C=O) groups is 4. The molecule has 0 radical (unpaired) electrons. The van der Waals surface area contributed by atoms with E-state index >= 15 is 4.39 Å². The van der Waals surface area contributed by atoms with Gasteiger partial charge in [0.2, 0.25) is 0 Å². The average molecular weight is 558 g/mol. The Kier molecular flexibility index (Phi) is 5.80. The summed E-state index contributed by atoms with van der Waals surface area (Å²) in [5.41, 5.74) is 0.0816. The quantitative estimate of drug-likeness (QED) is 0.131. The molecule has 4 aromatic carbocycles. The Morgan fingerprint density at radius 1 is 0.810 bits per heavy atom. The van der Waals surface area contributed by atoms with E-state index in [0.29, 0.717) is 16.8 Å². The van der Waals surface area contributed by atoms with Crippen molar-refractivity contribution >= 4 is 35.1 Å². The fraction of sp³-hybridized carbons (Fsp3) is 0.143. The van der Waals surface area contributed by atoms with Crippen molar-refractivity contribution in [1.82, 2.24) is 0 Å². The van der Waals surface area contributed by atoms with Gasteiger partial charge < -0.3 is 9.64 Å². The number of Topliss-reactive ketones (excluding diaryl/α,β-unsaturated/α-hetero) is 3. The molecule has 0 N–H and O–H groups in total. The number of hydrogen-bond acceptors (Lipinski definition) is 6. The Morgan fingerprint density at radius 2 is 1.45 bits per heavy atom. The number of fused-ring (bicyclic) bond motifs is 5. The first-order chi connectivity index (χ1) is 20.4. The highest BCUT2D eigenvalue weighted by atomic mass is 19.1. The van der Waals surface area contributed by atoms with E-state index < -0.39 is 46.8 Å². The SMILES string of the molecule is CC(=O)Oc1cccc2c1N1[C@@H](C=C2)C2(C(=O)c3ccccc3C2=O)[C@H](c2ccccc2F)[C@@H]1C(=O)c1ccccc1. The Balaban J connectivity index is 1.58. The molecule has 1 saturated heterocycles. The summed E-state index contributed by atoms with van der Waals surface area (Å²) < 4.78 is 21.5. The van der Waals surface area contributed by atoms with E-state index in [9.17, 15) is 19.2 Å². The standard InChI is InChI=1S/C35H24FNO5/c1-20(38)42-27-17-9-12-21-18-19-28-35(33(40)23-13-5-6-14-24(23)34(35)41)29(25-15-7-8-16-26(25)36)31(37(28)30(21)27)32(39)22-10-3-2-4-11-22/h2-19,28-29,31H,1H3/t28-,29+,31+/m0/s1. The van der Waals surface area contributed by atoms with Crippen molar-refractivity contribution in [2.45, 2.75) is 24.9 Å². The van der Waals surface area contributed by atoms with Crippen LogP contribution in [0, 0.1) is 11.2 Å². The Labute approximate surface area is 241 Å². The lowest BCUT2D eigenvalue weighted by Gasteiger charge is -2.37. The number of halogens is 1. The predicted molar refractivity (Wildman–Crippen MR) is 154 cm³/mol. The average Bonchev–Trinajstić information content (AvgIpc) is 3.43. The van der Waals surface area contributed by atoms with Crippen LogP contribution < -0.4 is 9.64 Å². The number of rotatable bonds is 4. The zero-order valence-corrected chi connectivity index (χ0v) is 22.5. The zero-order valence-electron chi connectivity index (χ0n) is 22.5. The Hall–Kier alpha value is -5.17. The number of carbonyl (C=O) groups excluding carboxylic acids is 4. The zero-order chi connectivity index (χ0) is 29.2. The maximum Gasteiger partial charge on any atom is 0.308 e. The summed E-state index contributed by atoms with van der Waals surface area (Å²) in [7, 11) is 0. The van der Waals surface area contributed by atoms with E-state index in [-0.39, 0.29) is 28.2 Å². The van der Waals surface area contributed by atoms with Crippen LogP contribution in [0.4, 0.5) is 10.1 Å². The van der Waals surface area contributed by atoms with Crippen LogP contribution in [0.1, 0.15) is 55.0 Å². The normalized spacial score (nSPS) is 21.2. The minimum absolute atomic E-state index is 0.0932. The highest BCUT2D eigenvalue weighted by Crippen LogP contribution is 2.62. The topological polar surface area (TPSA) is 80.8 Å². The maximum atomic E-state index is 15.9. The summed E-state index contributed by atoms with van der Waals surface area (Å²) in [6.45, 7) is 1.27. The fourth-order valence-electron chi connectivity index (χ4n) is 7.06. The number of anilines is 1. The van der Waals surface area contributed by atoms with E-state index in [2.05, 4.69) is 0 Å². The summed E-state index contributed by atoms with van der Waals surface area (Å²) in [4.78, 5) is 57.9. The minimum Gasteiger partial charge on any atom is -0.424 e. The van der Waals surface area contributed by atoms with Gasteiger partial charge >= 0.3 is 5.97 Å². The van der Waals surface area contributed by atoms with Crippen molar-refractivity contribution in [3.05, 3.63) is 137 Å². The first-order valence-electron chi connectivity index (χ1n) is 13.7. The van der Waals surface area contributed by atoms with Gasteiger partial charge in [0.15, 0.2) is 23.1 Å². The van der Waals surface area contributed by atoms with Gasteiger partial charge in [-0.2, -0.15) is 0 Å². The van der Waals surface area contributed by atoms with Crippen LogP contribution in [-0.2, 0) is 4.79 Å². The molecule has 0 bridgehead atoms. The predicted octanol–water partition coefficient (Wildman–Crippen LogP) is 6.07. The molecule has 7 heteroatoms. The van der Waals surface area contributed by atoms with Crippen molar-refractivity contribution in [3.63, 3.8) is 0 Å². The molecule has 6 nitrogen and oxygen atoms in total. The molecule has 7 rings (SSSR count). The van der Waals surface area contributed by atoms with Gasteiger partial charge in [0, 0.05) is 35.1 Å². The van der Waals surface area contributed by atoms with Crippen molar-refractivity contribution < 1.29 is 28.3 Å². The number of ether oxygens (including phenoxy) is 1. The van der Waals surface area contributed by atoms with Crippen LogP contribution in [0.2, 0.25) is 0 Å². The molecule has 2 heterocycles. The fourth-order valence-corrected chi connectivity index (χ4v) is 7.06. The van der Waals surface area contributed by atoms with Gasteiger partial charge in [-0.1, -0.05) is 97.1 Å². The summed E-state index contributed by atoms with van der Waals surface area (Å²) in [5, 5.41) is 0. The van der Waals surface area contributed by atoms with Gasteiger partial charge in [0.25, 0.3) is 0 Å².